The van der Waals surface area contributed by atoms with Crippen LogP contribution in [0.5, 0.6) is 0 Å². The van der Waals surface area contributed by atoms with Crippen LogP contribution in [0.3, 0.4) is 0 Å². The van der Waals surface area contributed by atoms with E-state index in [0.717, 1.165) is 12.0 Å². The van der Waals surface area contributed by atoms with Crippen molar-refractivity contribution in [3.05, 3.63) is 34.4 Å². The van der Waals surface area contributed by atoms with Crippen molar-refractivity contribution < 1.29 is 9.90 Å². The van der Waals surface area contributed by atoms with Gasteiger partial charge in [0.1, 0.15) is 0 Å². The van der Waals surface area contributed by atoms with Crippen LogP contribution in [0.1, 0.15) is 117 Å². The third-order valence-corrected chi connectivity index (χ3v) is 5.57. The highest BCUT2D eigenvalue weighted by atomic mass is 16.4. The second-order valence-corrected chi connectivity index (χ2v) is 7.88. The monoisotopic (exact) mass is 360 g/mol. The highest BCUT2D eigenvalue weighted by molar-refractivity contribution is 5.88. The summed E-state index contributed by atoms with van der Waals surface area (Å²) in [5.41, 5.74) is 3.99. The van der Waals surface area contributed by atoms with Gasteiger partial charge in [0.05, 0.1) is 5.56 Å². The molecular formula is C24H40O2. The van der Waals surface area contributed by atoms with Gasteiger partial charge in [0.2, 0.25) is 0 Å². The summed E-state index contributed by atoms with van der Waals surface area (Å²) < 4.78 is 0. The van der Waals surface area contributed by atoms with E-state index in [1.54, 1.807) is 6.07 Å². The molecule has 0 aliphatic carbocycles. The zero-order valence-corrected chi connectivity index (χ0v) is 17.4. The van der Waals surface area contributed by atoms with E-state index in [4.69, 9.17) is 0 Å². The van der Waals surface area contributed by atoms with Crippen molar-refractivity contribution in [2.24, 2.45) is 0 Å². The van der Waals surface area contributed by atoms with E-state index in [1.807, 2.05) is 13.0 Å². The van der Waals surface area contributed by atoms with Gasteiger partial charge in [0.15, 0.2) is 0 Å². The Labute approximate surface area is 161 Å². The minimum Gasteiger partial charge on any atom is -0.478 e. The largest absolute Gasteiger partial charge is 0.478 e. The van der Waals surface area contributed by atoms with Gasteiger partial charge in [-0.15, -0.1) is 0 Å². The topological polar surface area (TPSA) is 37.3 Å². The van der Waals surface area contributed by atoms with Crippen LogP contribution < -0.4 is 0 Å². The molecule has 0 saturated carbocycles. The molecule has 0 bridgehead atoms. The molecule has 0 amide bonds. The minimum atomic E-state index is -0.820. The molecular weight excluding hydrogens is 320 g/mol. The molecule has 0 saturated heterocycles. The Morgan fingerprint density at radius 3 is 1.69 bits per heavy atom. The van der Waals surface area contributed by atoms with Crippen molar-refractivity contribution in [1.29, 1.82) is 0 Å². The van der Waals surface area contributed by atoms with Gasteiger partial charge in [-0.2, -0.15) is 0 Å². The number of aromatic carboxylic acids is 1. The van der Waals surface area contributed by atoms with E-state index in [0.29, 0.717) is 5.56 Å². The van der Waals surface area contributed by atoms with Crippen molar-refractivity contribution in [2.75, 3.05) is 0 Å². The van der Waals surface area contributed by atoms with Crippen molar-refractivity contribution >= 4 is 5.97 Å². The molecule has 1 N–H and O–H groups in total. The molecule has 0 heterocycles. The summed E-state index contributed by atoms with van der Waals surface area (Å²) in [6.07, 6.45) is 18.7. The Morgan fingerprint density at radius 1 is 0.769 bits per heavy atom. The predicted octanol–water partition coefficient (Wildman–Crippen LogP) is 7.64. The first kappa shape index (κ1) is 22.7. The van der Waals surface area contributed by atoms with Crippen LogP contribution in [0.2, 0.25) is 0 Å². The summed E-state index contributed by atoms with van der Waals surface area (Å²) in [7, 11) is 0. The fourth-order valence-electron chi connectivity index (χ4n) is 3.65. The highest BCUT2D eigenvalue weighted by Gasteiger charge is 2.09. The Kier molecular flexibility index (Phi) is 12.1. The molecule has 2 heteroatoms. The molecule has 2 nitrogen and oxygen atoms in total. The smallest absolute Gasteiger partial charge is 0.335 e. The summed E-state index contributed by atoms with van der Waals surface area (Å²) >= 11 is 0. The van der Waals surface area contributed by atoms with Gasteiger partial charge in [-0.3, -0.25) is 0 Å². The highest BCUT2D eigenvalue weighted by Crippen LogP contribution is 2.20. The number of unbranched alkanes of at least 4 members (excludes halogenated alkanes) is 12. The van der Waals surface area contributed by atoms with Gasteiger partial charge in [-0.1, -0.05) is 84.0 Å². The summed E-state index contributed by atoms with van der Waals surface area (Å²) in [5.74, 6) is -0.820. The molecule has 0 unspecified atom stereocenters. The number of carbonyl (C=O) groups is 1. The number of hydrogen-bond acceptors (Lipinski definition) is 1. The zero-order chi connectivity index (χ0) is 19.2. The number of carboxylic acid groups (broad SMARTS) is 1. The van der Waals surface area contributed by atoms with E-state index < -0.39 is 5.97 Å². The molecule has 0 aromatic heterocycles. The first-order valence-corrected chi connectivity index (χ1v) is 10.9. The number of benzene rings is 1. The van der Waals surface area contributed by atoms with Crippen molar-refractivity contribution in [3.8, 4) is 0 Å². The van der Waals surface area contributed by atoms with Crippen LogP contribution in [0, 0.1) is 13.8 Å². The fourth-order valence-corrected chi connectivity index (χ4v) is 3.65. The maximum Gasteiger partial charge on any atom is 0.335 e. The molecule has 26 heavy (non-hydrogen) atoms. The van der Waals surface area contributed by atoms with Crippen LogP contribution >= 0.6 is 0 Å². The Bertz CT molecular complexity index is 519. The molecule has 1 aromatic rings. The Balaban J connectivity index is 2.07. The van der Waals surface area contributed by atoms with E-state index in [1.165, 1.54) is 94.6 Å². The average Bonchev–Trinajstić information content (AvgIpc) is 2.62. The normalized spacial score (nSPS) is 11.0. The molecule has 0 aliphatic rings. The number of aryl methyl sites for hydroxylation is 2. The lowest BCUT2D eigenvalue weighted by atomic mass is 9.95. The standard InChI is InChI=1S/C24H40O2/c1-4-5-6-7-8-9-10-11-12-13-14-15-16-17-22-19-23(24(25)26)18-20(2)21(22)3/h18-19H,4-17H2,1-3H3,(H,25,26). The lowest BCUT2D eigenvalue weighted by molar-refractivity contribution is 0.0696. The first-order chi connectivity index (χ1) is 12.6. The van der Waals surface area contributed by atoms with Crippen molar-refractivity contribution in [1.82, 2.24) is 0 Å². The maximum absolute atomic E-state index is 11.2. The van der Waals surface area contributed by atoms with Gasteiger partial charge < -0.3 is 5.11 Å². The second-order valence-electron chi connectivity index (χ2n) is 7.88. The maximum atomic E-state index is 11.2. The lowest BCUT2D eigenvalue weighted by Gasteiger charge is -2.10. The van der Waals surface area contributed by atoms with Gasteiger partial charge >= 0.3 is 5.97 Å². The molecule has 1 aromatic carbocycles. The summed E-state index contributed by atoms with van der Waals surface area (Å²) in [5, 5.41) is 9.21. The van der Waals surface area contributed by atoms with Gasteiger partial charge in [-0.25, -0.2) is 4.79 Å². The zero-order valence-electron chi connectivity index (χ0n) is 17.4. The molecule has 1 rings (SSSR count). The second kappa shape index (κ2) is 13.8. The Morgan fingerprint density at radius 2 is 1.23 bits per heavy atom. The minimum absolute atomic E-state index is 0.429. The lowest BCUT2D eigenvalue weighted by Crippen LogP contribution is -2.02. The van der Waals surface area contributed by atoms with Crippen LogP contribution in [-0.2, 0) is 6.42 Å². The predicted molar refractivity (Wildman–Crippen MR) is 112 cm³/mol. The molecule has 0 spiro atoms. The molecule has 0 atom stereocenters. The van der Waals surface area contributed by atoms with E-state index >= 15 is 0 Å². The molecule has 0 radical (unpaired) electrons. The SMILES string of the molecule is CCCCCCCCCCCCCCCc1cc(C(=O)O)cc(C)c1C. The average molecular weight is 361 g/mol. The molecule has 0 fully saturated rings. The third kappa shape index (κ3) is 9.40. The first-order valence-electron chi connectivity index (χ1n) is 10.9. The summed E-state index contributed by atoms with van der Waals surface area (Å²) in [4.78, 5) is 11.2. The van der Waals surface area contributed by atoms with Crippen molar-refractivity contribution in [3.63, 3.8) is 0 Å². The number of carboxylic acids is 1. The van der Waals surface area contributed by atoms with Crippen LogP contribution in [0.4, 0.5) is 0 Å². The van der Waals surface area contributed by atoms with Crippen LogP contribution in [-0.4, -0.2) is 11.1 Å². The molecule has 0 aliphatic heterocycles. The van der Waals surface area contributed by atoms with Crippen molar-refractivity contribution in [2.45, 2.75) is 111 Å². The van der Waals surface area contributed by atoms with Crippen LogP contribution in [0.25, 0.3) is 0 Å². The number of hydrogen-bond donors (Lipinski definition) is 1. The number of rotatable bonds is 15. The molecule has 148 valence electrons. The Hall–Kier alpha value is -1.31. The van der Waals surface area contributed by atoms with E-state index in [-0.39, 0.29) is 0 Å². The van der Waals surface area contributed by atoms with Crippen LogP contribution in [0.15, 0.2) is 12.1 Å². The summed E-state index contributed by atoms with van der Waals surface area (Å²) in [6.45, 7) is 6.39. The van der Waals surface area contributed by atoms with E-state index in [9.17, 15) is 9.90 Å². The van der Waals surface area contributed by atoms with Gasteiger partial charge in [-0.05, 0) is 55.5 Å². The van der Waals surface area contributed by atoms with Gasteiger partial charge in [0.25, 0.3) is 0 Å². The fraction of sp³-hybridized carbons (Fsp3) is 0.708. The van der Waals surface area contributed by atoms with Gasteiger partial charge in [0, 0.05) is 0 Å². The quantitative estimate of drug-likeness (QED) is 0.326. The third-order valence-electron chi connectivity index (χ3n) is 5.57. The summed E-state index contributed by atoms with van der Waals surface area (Å²) in [6, 6.07) is 3.65. The van der Waals surface area contributed by atoms with E-state index in [2.05, 4.69) is 13.8 Å².